The van der Waals surface area contributed by atoms with Crippen molar-refractivity contribution in [2.75, 3.05) is 19.6 Å². The number of rotatable bonds is 5. The first kappa shape index (κ1) is 15.1. The summed E-state index contributed by atoms with van der Waals surface area (Å²) in [6, 6.07) is 0.352. The maximum Gasteiger partial charge on any atom is 0.390 e. The lowest BCUT2D eigenvalue weighted by Gasteiger charge is -2.49. The lowest BCUT2D eigenvalue weighted by Crippen LogP contribution is -2.64. The molecule has 2 fully saturated rings. The molecule has 0 aromatic heterocycles. The molecule has 0 amide bonds. The molecule has 1 heterocycles. The topological polar surface area (TPSA) is 15.3 Å². The largest absolute Gasteiger partial charge is 0.390 e. The Bertz CT molecular complexity index is 302. The summed E-state index contributed by atoms with van der Waals surface area (Å²) in [5.41, 5.74) is -0.0739. The fourth-order valence-corrected chi connectivity index (χ4v) is 3.26. The lowest BCUT2D eigenvalue weighted by molar-refractivity contribution is -0.143. The predicted octanol–water partition coefficient (Wildman–Crippen LogP) is 3.18. The lowest BCUT2D eigenvalue weighted by atomic mass is 9.88. The van der Waals surface area contributed by atoms with Gasteiger partial charge in [-0.3, -0.25) is 4.90 Å². The van der Waals surface area contributed by atoms with Crippen LogP contribution < -0.4 is 5.32 Å². The van der Waals surface area contributed by atoms with E-state index in [9.17, 15) is 13.2 Å². The highest BCUT2D eigenvalue weighted by atomic mass is 19.4. The number of alkyl halides is 3. The van der Waals surface area contributed by atoms with E-state index in [1.807, 2.05) is 0 Å². The van der Waals surface area contributed by atoms with Crippen LogP contribution in [0, 0.1) is 5.92 Å². The highest BCUT2D eigenvalue weighted by Crippen LogP contribution is 2.44. The van der Waals surface area contributed by atoms with E-state index in [2.05, 4.69) is 24.1 Å². The second kappa shape index (κ2) is 5.60. The Hall–Kier alpha value is -0.290. The zero-order chi connectivity index (χ0) is 14.1. The summed E-state index contributed by atoms with van der Waals surface area (Å²) in [6.07, 6.45) is -0.282. The quantitative estimate of drug-likeness (QED) is 0.831. The van der Waals surface area contributed by atoms with Crippen LogP contribution in [0.15, 0.2) is 0 Å². The van der Waals surface area contributed by atoms with Crippen LogP contribution in [0.2, 0.25) is 0 Å². The summed E-state index contributed by atoms with van der Waals surface area (Å²) < 4.78 is 37.4. The molecule has 19 heavy (non-hydrogen) atoms. The molecule has 1 N–H and O–H groups in total. The highest BCUT2D eigenvalue weighted by molar-refractivity contribution is 5.04. The van der Waals surface area contributed by atoms with Crippen LogP contribution in [0.1, 0.15) is 46.0 Å². The van der Waals surface area contributed by atoms with Gasteiger partial charge in [0, 0.05) is 31.2 Å². The standard InChI is InChI=1S/C14H25F3N2/c1-3-4-12-9-19(8-7-14(15,16)17)13(2,10-18-12)11-5-6-11/h11-12,18H,3-10H2,1-2H3. The molecule has 112 valence electrons. The normalized spacial score (nSPS) is 33.6. The van der Waals surface area contributed by atoms with Gasteiger partial charge < -0.3 is 5.32 Å². The smallest absolute Gasteiger partial charge is 0.311 e. The predicted molar refractivity (Wildman–Crippen MR) is 70.1 cm³/mol. The van der Waals surface area contributed by atoms with E-state index < -0.39 is 12.6 Å². The molecule has 0 aromatic carbocycles. The van der Waals surface area contributed by atoms with Crippen molar-refractivity contribution < 1.29 is 13.2 Å². The van der Waals surface area contributed by atoms with E-state index >= 15 is 0 Å². The van der Waals surface area contributed by atoms with Gasteiger partial charge in [0.2, 0.25) is 0 Å². The zero-order valence-corrected chi connectivity index (χ0v) is 11.9. The SMILES string of the molecule is CCCC1CN(CCC(F)(F)F)C(C)(C2CC2)CN1. The van der Waals surface area contributed by atoms with E-state index in [1.165, 1.54) is 12.8 Å². The highest BCUT2D eigenvalue weighted by Gasteiger charge is 2.48. The summed E-state index contributed by atoms with van der Waals surface area (Å²) in [4.78, 5) is 2.11. The van der Waals surface area contributed by atoms with Crippen molar-refractivity contribution in [2.45, 2.75) is 63.7 Å². The number of hydrogen-bond acceptors (Lipinski definition) is 2. The summed E-state index contributed by atoms with van der Waals surface area (Å²) in [6.45, 7) is 6.00. The molecule has 1 saturated heterocycles. The van der Waals surface area contributed by atoms with Gasteiger partial charge in [0.25, 0.3) is 0 Å². The van der Waals surface area contributed by atoms with Crippen molar-refractivity contribution in [1.29, 1.82) is 0 Å². The van der Waals surface area contributed by atoms with Crippen molar-refractivity contribution in [2.24, 2.45) is 5.92 Å². The molecule has 1 saturated carbocycles. The van der Waals surface area contributed by atoms with Crippen LogP contribution in [-0.4, -0.2) is 42.3 Å². The first-order valence-electron chi connectivity index (χ1n) is 7.40. The summed E-state index contributed by atoms with van der Waals surface area (Å²) in [5.74, 6) is 0.579. The Kier molecular flexibility index (Phi) is 4.45. The molecule has 0 bridgehead atoms. The van der Waals surface area contributed by atoms with Crippen molar-refractivity contribution in [1.82, 2.24) is 10.2 Å². The molecule has 2 aliphatic rings. The molecular weight excluding hydrogens is 253 g/mol. The second-order valence-electron chi connectivity index (χ2n) is 6.31. The molecule has 2 rings (SSSR count). The Labute approximate surface area is 113 Å². The Balaban J connectivity index is 1.98. The van der Waals surface area contributed by atoms with Gasteiger partial charge in [0.1, 0.15) is 0 Å². The molecule has 2 atom stereocenters. The molecule has 0 radical (unpaired) electrons. The minimum Gasteiger partial charge on any atom is -0.311 e. The van der Waals surface area contributed by atoms with Crippen molar-refractivity contribution >= 4 is 0 Å². The third-order valence-electron chi connectivity index (χ3n) is 4.67. The molecule has 0 spiro atoms. The van der Waals surface area contributed by atoms with Crippen LogP contribution in [-0.2, 0) is 0 Å². The van der Waals surface area contributed by atoms with Crippen LogP contribution in [0.5, 0.6) is 0 Å². The van der Waals surface area contributed by atoms with E-state index in [-0.39, 0.29) is 12.1 Å². The van der Waals surface area contributed by atoms with E-state index in [0.29, 0.717) is 12.0 Å². The van der Waals surface area contributed by atoms with Crippen LogP contribution >= 0.6 is 0 Å². The van der Waals surface area contributed by atoms with Gasteiger partial charge in [0.05, 0.1) is 6.42 Å². The van der Waals surface area contributed by atoms with Gasteiger partial charge in [-0.25, -0.2) is 0 Å². The van der Waals surface area contributed by atoms with Gasteiger partial charge in [-0.2, -0.15) is 13.2 Å². The van der Waals surface area contributed by atoms with Crippen LogP contribution in [0.25, 0.3) is 0 Å². The number of piperazine rings is 1. The minimum absolute atomic E-state index is 0.0739. The Morgan fingerprint density at radius 1 is 1.32 bits per heavy atom. The summed E-state index contributed by atoms with van der Waals surface area (Å²) in [5, 5.41) is 3.54. The number of hydrogen-bond donors (Lipinski definition) is 1. The molecule has 1 aliphatic heterocycles. The molecular formula is C14H25F3N2. The number of halogens is 3. The minimum atomic E-state index is -4.05. The van der Waals surface area contributed by atoms with E-state index in [1.54, 1.807) is 0 Å². The fraction of sp³-hybridized carbons (Fsp3) is 1.00. The first-order valence-corrected chi connectivity index (χ1v) is 7.40. The van der Waals surface area contributed by atoms with Gasteiger partial charge in [-0.1, -0.05) is 13.3 Å². The molecule has 5 heteroatoms. The van der Waals surface area contributed by atoms with Crippen LogP contribution in [0.4, 0.5) is 13.2 Å². The summed E-state index contributed by atoms with van der Waals surface area (Å²) in [7, 11) is 0. The molecule has 1 aliphatic carbocycles. The third-order valence-corrected chi connectivity index (χ3v) is 4.67. The van der Waals surface area contributed by atoms with E-state index in [4.69, 9.17) is 0 Å². The third kappa shape index (κ3) is 3.85. The van der Waals surface area contributed by atoms with Crippen molar-refractivity contribution in [3.63, 3.8) is 0 Å². The van der Waals surface area contributed by atoms with Crippen molar-refractivity contribution in [3.8, 4) is 0 Å². The van der Waals surface area contributed by atoms with E-state index in [0.717, 1.165) is 25.9 Å². The van der Waals surface area contributed by atoms with Gasteiger partial charge in [0.15, 0.2) is 0 Å². The molecule has 0 aromatic rings. The fourth-order valence-electron chi connectivity index (χ4n) is 3.26. The van der Waals surface area contributed by atoms with Gasteiger partial charge in [-0.05, 0) is 32.1 Å². The molecule has 2 unspecified atom stereocenters. The first-order chi connectivity index (χ1) is 8.85. The summed E-state index contributed by atoms with van der Waals surface area (Å²) >= 11 is 0. The monoisotopic (exact) mass is 278 g/mol. The van der Waals surface area contributed by atoms with Crippen LogP contribution in [0.3, 0.4) is 0 Å². The molecule has 2 nitrogen and oxygen atoms in total. The van der Waals surface area contributed by atoms with Gasteiger partial charge >= 0.3 is 6.18 Å². The maximum atomic E-state index is 12.5. The average molecular weight is 278 g/mol. The van der Waals surface area contributed by atoms with Crippen molar-refractivity contribution in [3.05, 3.63) is 0 Å². The zero-order valence-electron chi connectivity index (χ0n) is 11.9. The number of nitrogens with zero attached hydrogens (tertiary/aromatic N) is 1. The average Bonchev–Trinajstić information content (AvgIpc) is 3.13. The number of nitrogens with one attached hydrogen (secondary N) is 1. The van der Waals surface area contributed by atoms with Gasteiger partial charge in [-0.15, -0.1) is 0 Å². The second-order valence-corrected chi connectivity index (χ2v) is 6.31. The maximum absolute atomic E-state index is 12.5. The Morgan fingerprint density at radius 3 is 2.53 bits per heavy atom. The Morgan fingerprint density at radius 2 is 2.00 bits per heavy atom.